The zero-order valence-electron chi connectivity index (χ0n) is 10.7. The largest absolute Gasteiger partial charge is 0.480 e. The maximum Gasteiger partial charge on any atom is 0.317 e. The normalized spacial score (nSPS) is 20.8. The summed E-state index contributed by atoms with van der Waals surface area (Å²) in [4.78, 5) is 12.7. The first-order valence-corrected chi connectivity index (χ1v) is 6.35. The molecule has 0 bridgehead atoms. The van der Waals surface area contributed by atoms with E-state index in [1.807, 2.05) is 35.2 Å². The minimum Gasteiger partial charge on any atom is -0.480 e. The SMILES string of the molecule is Cl.O=C(O)CN1CCCC1CC(O)c1ccccc1. The maximum atomic E-state index is 10.8. The highest BCUT2D eigenvalue weighted by Crippen LogP contribution is 2.26. The van der Waals surface area contributed by atoms with Gasteiger partial charge in [-0.25, -0.2) is 0 Å². The van der Waals surface area contributed by atoms with Crippen LogP contribution in [0.15, 0.2) is 30.3 Å². The molecule has 1 aliphatic rings. The van der Waals surface area contributed by atoms with E-state index in [2.05, 4.69) is 0 Å². The van der Waals surface area contributed by atoms with Crippen molar-refractivity contribution in [3.05, 3.63) is 35.9 Å². The van der Waals surface area contributed by atoms with Crippen molar-refractivity contribution < 1.29 is 15.0 Å². The lowest BCUT2D eigenvalue weighted by Crippen LogP contribution is -2.35. The van der Waals surface area contributed by atoms with E-state index in [4.69, 9.17) is 5.11 Å². The Morgan fingerprint density at radius 1 is 1.37 bits per heavy atom. The number of aliphatic hydroxyl groups excluding tert-OH is 1. The molecule has 2 atom stereocenters. The fraction of sp³-hybridized carbons (Fsp3) is 0.500. The number of carboxylic acids is 1. The lowest BCUT2D eigenvalue weighted by molar-refractivity contribution is -0.138. The van der Waals surface area contributed by atoms with Crippen LogP contribution in [0, 0.1) is 0 Å². The summed E-state index contributed by atoms with van der Waals surface area (Å²) in [7, 11) is 0. The number of aliphatic hydroxyl groups is 1. The monoisotopic (exact) mass is 285 g/mol. The summed E-state index contributed by atoms with van der Waals surface area (Å²) in [6.45, 7) is 0.894. The number of hydrogen-bond donors (Lipinski definition) is 2. The molecule has 4 nitrogen and oxygen atoms in total. The highest BCUT2D eigenvalue weighted by Gasteiger charge is 2.28. The fourth-order valence-electron chi connectivity index (χ4n) is 2.61. The van der Waals surface area contributed by atoms with Crippen LogP contribution in [-0.4, -0.2) is 40.2 Å². The molecule has 0 aromatic heterocycles. The van der Waals surface area contributed by atoms with Gasteiger partial charge in [-0.2, -0.15) is 0 Å². The standard InChI is InChI=1S/C14H19NO3.ClH/c16-13(11-5-2-1-3-6-11)9-12-7-4-8-15(12)10-14(17)18;/h1-3,5-6,12-13,16H,4,7-10H2,(H,17,18);1H. The lowest BCUT2D eigenvalue weighted by atomic mass is 10.0. The van der Waals surface area contributed by atoms with E-state index in [0.717, 1.165) is 24.9 Å². The molecule has 0 spiro atoms. The number of carboxylic acid groups (broad SMARTS) is 1. The van der Waals surface area contributed by atoms with Gasteiger partial charge in [0.05, 0.1) is 12.6 Å². The fourth-order valence-corrected chi connectivity index (χ4v) is 2.61. The number of carbonyl (C=O) groups is 1. The number of benzene rings is 1. The third kappa shape index (κ3) is 4.49. The molecule has 1 aromatic carbocycles. The van der Waals surface area contributed by atoms with Gasteiger partial charge in [-0.3, -0.25) is 9.69 Å². The lowest BCUT2D eigenvalue weighted by Gasteiger charge is -2.24. The van der Waals surface area contributed by atoms with E-state index in [9.17, 15) is 9.90 Å². The van der Waals surface area contributed by atoms with E-state index in [0.29, 0.717) is 6.42 Å². The summed E-state index contributed by atoms with van der Waals surface area (Å²) >= 11 is 0. The highest BCUT2D eigenvalue weighted by molar-refractivity contribution is 5.85. The van der Waals surface area contributed by atoms with Gasteiger partial charge >= 0.3 is 5.97 Å². The van der Waals surface area contributed by atoms with Crippen LogP contribution in [0.1, 0.15) is 30.9 Å². The van der Waals surface area contributed by atoms with Crippen molar-refractivity contribution in [3.8, 4) is 0 Å². The number of hydrogen-bond acceptors (Lipinski definition) is 3. The maximum absolute atomic E-state index is 10.8. The summed E-state index contributed by atoms with van der Waals surface area (Å²) in [6, 6.07) is 9.71. The van der Waals surface area contributed by atoms with Gasteiger partial charge in [0.1, 0.15) is 0 Å². The molecule has 1 aromatic rings. The van der Waals surface area contributed by atoms with Gasteiger partial charge in [0.2, 0.25) is 0 Å². The van der Waals surface area contributed by atoms with Crippen LogP contribution in [0.5, 0.6) is 0 Å². The van der Waals surface area contributed by atoms with E-state index in [1.54, 1.807) is 0 Å². The Hall–Kier alpha value is -1.10. The van der Waals surface area contributed by atoms with Gasteiger partial charge in [0.15, 0.2) is 0 Å². The first kappa shape index (κ1) is 16.0. The molecule has 2 rings (SSSR count). The van der Waals surface area contributed by atoms with Gasteiger partial charge in [-0.05, 0) is 31.4 Å². The van der Waals surface area contributed by atoms with Crippen molar-refractivity contribution in [1.29, 1.82) is 0 Å². The smallest absolute Gasteiger partial charge is 0.317 e. The third-order valence-electron chi connectivity index (χ3n) is 3.52. The van der Waals surface area contributed by atoms with Crippen molar-refractivity contribution in [3.63, 3.8) is 0 Å². The zero-order valence-corrected chi connectivity index (χ0v) is 11.6. The second kappa shape index (κ2) is 7.48. The summed E-state index contributed by atoms with van der Waals surface area (Å²) in [5, 5.41) is 19.0. The molecule has 1 fully saturated rings. The molecule has 2 N–H and O–H groups in total. The second-order valence-corrected chi connectivity index (χ2v) is 4.82. The number of rotatable bonds is 5. The quantitative estimate of drug-likeness (QED) is 0.870. The third-order valence-corrected chi connectivity index (χ3v) is 3.52. The van der Waals surface area contributed by atoms with Crippen molar-refractivity contribution >= 4 is 18.4 Å². The molecular weight excluding hydrogens is 266 g/mol. The molecule has 0 saturated carbocycles. The molecular formula is C14H20ClNO3. The van der Waals surface area contributed by atoms with Crippen molar-refractivity contribution in [1.82, 2.24) is 4.90 Å². The van der Waals surface area contributed by atoms with Gasteiger partial charge in [0.25, 0.3) is 0 Å². The van der Waals surface area contributed by atoms with Crippen molar-refractivity contribution in [2.24, 2.45) is 0 Å². The van der Waals surface area contributed by atoms with Gasteiger partial charge in [-0.15, -0.1) is 12.4 Å². The van der Waals surface area contributed by atoms with Crippen LogP contribution in [0.2, 0.25) is 0 Å². The first-order valence-electron chi connectivity index (χ1n) is 6.35. The van der Waals surface area contributed by atoms with Crippen LogP contribution >= 0.6 is 12.4 Å². The Morgan fingerprint density at radius 3 is 2.68 bits per heavy atom. The topological polar surface area (TPSA) is 60.8 Å². The van der Waals surface area contributed by atoms with Crippen LogP contribution in [0.25, 0.3) is 0 Å². The summed E-state index contributed by atoms with van der Waals surface area (Å²) in [5.41, 5.74) is 0.902. The average Bonchev–Trinajstić information content (AvgIpc) is 2.77. The molecule has 5 heteroatoms. The molecule has 1 saturated heterocycles. The van der Waals surface area contributed by atoms with Crippen LogP contribution < -0.4 is 0 Å². The molecule has 0 aliphatic carbocycles. The molecule has 1 aliphatic heterocycles. The van der Waals surface area contributed by atoms with E-state index >= 15 is 0 Å². The average molecular weight is 286 g/mol. The number of likely N-dealkylation sites (tertiary alicyclic amines) is 1. The first-order chi connectivity index (χ1) is 8.66. The summed E-state index contributed by atoms with van der Waals surface area (Å²) in [6.07, 6.45) is 2.08. The van der Waals surface area contributed by atoms with E-state index < -0.39 is 12.1 Å². The molecule has 2 unspecified atom stereocenters. The molecule has 106 valence electrons. The summed E-state index contributed by atoms with van der Waals surface area (Å²) < 4.78 is 0. The predicted octanol–water partition coefficient (Wildman–Crippen LogP) is 2.08. The minimum absolute atomic E-state index is 0. The Balaban J connectivity index is 0.00000180. The van der Waals surface area contributed by atoms with Gasteiger partial charge < -0.3 is 10.2 Å². The minimum atomic E-state index is -0.795. The Morgan fingerprint density at radius 2 is 2.05 bits per heavy atom. The number of nitrogens with zero attached hydrogens (tertiary/aromatic N) is 1. The molecule has 0 amide bonds. The van der Waals surface area contributed by atoms with E-state index in [-0.39, 0.29) is 25.0 Å². The Bertz CT molecular complexity index is 399. The van der Waals surface area contributed by atoms with Crippen molar-refractivity contribution in [2.75, 3.05) is 13.1 Å². The number of aliphatic carboxylic acids is 1. The van der Waals surface area contributed by atoms with Gasteiger partial charge in [0, 0.05) is 6.04 Å². The molecule has 19 heavy (non-hydrogen) atoms. The van der Waals surface area contributed by atoms with Crippen molar-refractivity contribution in [2.45, 2.75) is 31.4 Å². The Kier molecular flexibility index (Phi) is 6.28. The van der Waals surface area contributed by atoms with E-state index in [1.165, 1.54) is 0 Å². The second-order valence-electron chi connectivity index (χ2n) is 4.82. The predicted molar refractivity (Wildman–Crippen MR) is 75.5 cm³/mol. The van der Waals surface area contributed by atoms with Crippen LogP contribution in [0.3, 0.4) is 0 Å². The molecule has 0 radical (unpaired) electrons. The zero-order chi connectivity index (χ0) is 13.0. The number of halogens is 1. The summed E-state index contributed by atoms with van der Waals surface area (Å²) in [5.74, 6) is -0.795. The highest BCUT2D eigenvalue weighted by atomic mass is 35.5. The Labute approximate surface area is 119 Å². The van der Waals surface area contributed by atoms with Crippen LogP contribution in [0.4, 0.5) is 0 Å². The van der Waals surface area contributed by atoms with Gasteiger partial charge in [-0.1, -0.05) is 30.3 Å². The molecule has 1 heterocycles. The van der Waals surface area contributed by atoms with Crippen LogP contribution in [-0.2, 0) is 4.79 Å².